The van der Waals surface area contributed by atoms with Crippen molar-refractivity contribution in [1.29, 1.82) is 0 Å². The third-order valence-corrected chi connectivity index (χ3v) is 5.38. The Bertz CT molecular complexity index is 750. The zero-order valence-electron chi connectivity index (χ0n) is 15.0. The number of allylic oxidation sites excluding steroid dienone is 2. The van der Waals surface area contributed by atoms with Gasteiger partial charge in [0.15, 0.2) is 5.78 Å². The lowest BCUT2D eigenvalue weighted by Crippen LogP contribution is -2.47. The zero-order chi connectivity index (χ0) is 18.3. The van der Waals surface area contributed by atoms with Crippen LogP contribution >= 0.6 is 0 Å². The number of benzene rings is 1. The van der Waals surface area contributed by atoms with Crippen LogP contribution in [-0.4, -0.2) is 35.3 Å². The summed E-state index contributed by atoms with van der Waals surface area (Å²) in [4.78, 5) is 39.4. The molecule has 2 aliphatic rings. The lowest BCUT2D eigenvalue weighted by Gasteiger charge is -2.28. The Labute approximate surface area is 147 Å². The van der Waals surface area contributed by atoms with Crippen molar-refractivity contribution >= 4 is 17.8 Å². The Morgan fingerprint density at radius 2 is 1.80 bits per heavy atom. The molecule has 2 amide bonds. The molecule has 25 heavy (non-hydrogen) atoms. The van der Waals surface area contributed by atoms with Crippen molar-refractivity contribution in [2.75, 3.05) is 6.61 Å². The summed E-state index contributed by atoms with van der Waals surface area (Å²) in [5.74, 6) is -1.80. The van der Waals surface area contributed by atoms with Crippen molar-refractivity contribution in [1.82, 2.24) is 4.90 Å². The van der Waals surface area contributed by atoms with E-state index in [1.165, 1.54) is 0 Å². The van der Waals surface area contributed by atoms with Crippen LogP contribution in [0.15, 0.2) is 41.5 Å². The highest BCUT2D eigenvalue weighted by Gasteiger charge is 2.50. The normalized spacial score (nSPS) is 26.6. The van der Waals surface area contributed by atoms with E-state index in [-0.39, 0.29) is 30.3 Å². The van der Waals surface area contributed by atoms with Gasteiger partial charge in [-0.1, -0.05) is 49.8 Å². The van der Waals surface area contributed by atoms with Gasteiger partial charge in [0.2, 0.25) is 5.91 Å². The molecule has 1 heterocycles. The van der Waals surface area contributed by atoms with Crippen molar-refractivity contribution in [3.63, 3.8) is 0 Å². The predicted octanol–water partition coefficient (Wildman–Crippen LogP) is 3.31. The second-order valence-electron chi connectivity index (χ2n) is 7.13. The number of imide groups is 1. The van der Waals surface area contributed by atoms with E-state index in [1.54, 1.807) is 6.92 Å². The Kier molecular flexibility index (Phi) is 4.50. The van der Waals surface area contributed by atoms with E-state index in [1.807, 2.05) is 51.1 Å². The maximum Gasteiger partial charge on any atom is 0.417 e. The molecule has 1 aliphatic carbocycles. The van der Waals surface area contributed by atoms with Gasteiger partial charge in [-0.05, 0) is 30.9 Å². The van der Waals surface area contributed by atoms with Gasteiger partial charge in [0.05, 0.1) is 6.04 Å². The van der Waals surface area contributed by atoms with Crippen LogP contribution in [-0.2, 0) is 14.3 Å². The number of carbonyl (C=O) groups is 3. The molecule has 5 heteroatoms. The fourth-order valence-electron chi connectivity index (χ4n) is 3.75. The first-order valence-electron chi connectivity index (χ1n) is 8.61. The van der Waals surface area contributed by atoms with E-state index in [4.69, 9.17) is 4.74 Å². The molecular weight excluding hydrogens is 318 g/mol. The lowest BCUT2D eigenvalue weighted by molar-refractivity contribution is -0.138. The van der Waals surface area contributed by atoms with Crippen molar-refractivity contribution in [3.05, 3.63) is 47.0 Å². The number of hydrogen-bond donors (Lipinski definition) is 0. The summed E-state index contributed by atoms with van der Waals surface area (Å²) in [6, 6.07) is 9.19. The van der Waals surface area contributed by atoms with Gasteiger partial charge in [-0.2, -0.15) is 0 Å². The topological polar surface area (TPSA) is 63.7 Å². The summed E-state index contributed by atoms with van der Waals surface area (Å²) in [5.41, 5.74) is 2.42. The molecule has 0 saturated carbocycles. The molecule has 3 rings (SSSR count). The van der Waals surface area contributed by atoms with Gasteiger partial charge >= 0.3 is 6.09 Å². The standard InChI is InChI=1S/C20H23NO4/c1-11(2)15-10-25-20(24)21(15)19(23)17-16(12(3)13(4)18(17)22)14-8-6-5-7-9-14/h5-9,11,15-17H,10H2,1-4H3/t15-,16-,17-/m1/s1. The molecule has 0 spiro atoms. The average Bonchev–Trinajstić information content (AvgIpc) is 3.08. The Morgan fingerprint density at radius 3 is 2.40 bits per heavy atom. The molecule has 0 aromatic heterocycles. The first-order chi connectivity index (χ1) is 11.8. The number of Topliss-reactive ketones (excluding diaryl/α,β-unsaturated/α-hetero) is 1. The molecule has 1 aromatic rings. The fourth-order valence-corrected chi connectivity index (χ4v) is 3.75. The molecule has 0 N–H and O–H groups in total. The Morgan fingerprint density at radius 1 is 1.16 bits per heavy atom. The van der Waals surface area contributed by atoms with Gasteiger partial charge in [0.1, 0.15) is 12.5 Å². The highest BCUT2D eigenvalue weighted by atomic mass is 16.6. The zero-order valence-corrected chi connectivity index (χ0v) is 15.0. The van der Waals surface area contributed by atoms with Crippen LogP contribution in [0.1, 0.15) is 39.2 Å². The molecule has 132 valence electrons. The maximum absolute atomic E-state index is 13.2. The highest BCUT2D eigenvalue weighted by Crippen LogP contribution is 2.43. The van der Waals surface area contributed by atoms with Crippen molar-refractivity contribution in [2.24, 2.45) is 11.8 Å². The van der Waals surface area contributed by atoms with E-state index >= 15 is 0 Å². The Hall–Kier alpha value is -2.43. The number of nitrogens with zero attached hydrogens (tertiary/aromatic N) is 1. The number of cyclic esters (lactones) is 1. The van der Waals surface area contributed by atoms with Gasteiger partial charge in [-0.15, -0.1) is 0 Å². The quantitative estimate of drug-likeness (QED) is 0.791. The molecular formula is C20H23NO4. The van der Waals surface area contributed by atoms with Gasteiger partial charge in [0.25, 0.3) is 0 Å². The minimum Gasteiger partial charge on any atom is -0.447 e. The van der Waals surface area contributed by atoms with Crippen LogP contribution in [0, 0.1) is 11.8 Å². The van der Waals surface area contributed by atoms with Gasteiger partial charge < -0.3 is 4.74 Å². The number of ketones is 1. The van der Waals surface area contributed by atoms with Crippen molar-refractivity contribution in [3.8, 4) is 0 Å². The maximum atomic E-state index is 13.2. The lowest BCUT2D eigenvalue weighted by atomic mass is 9.83. The van der Waals surface area contributed by atoms with Crippen LogP contribution in [0.25, 0.3) is 0 Å². The SMILES string of the molecule is CC1=C(C)[C@H](c2ccccc2)[C@@H](C(=O)N2C(=O)OC[C@@H]2C(C)C)C1=O. The molecule has 1 fully saturated rings. The largest absolute Gasteiger partial charge is 0.447 e. The first kappa shape index (κ1) is 17.4. The summed E-state index contributed by atoms with van der Waals surface area (Å²) in [6.07, 6.45) is -0.648. The number of carbonyl (C=O) groups excluding carboxylic acids is 3. The average molecular weight is 341 g/mol. The predicted molar refractivity (Wildman–Crippen MR) is 92.9 cm³/mol. The third kappa shape index (κ3) is 2.77. The summed E-state index contributed by atoms with van der Waals surface area (Å²) >= 11 is 0. The number of rotatable bonds is 3. The molecule has 1 aromatic carbocycles. The van der Waals surface area contributed by atoms with Crippen LogP contribution in [0.2, 0.25) is 0 Å². The van der Waals surface area contributed by atoms with Gasteiger partial charge in [0, 0.05) is 5.92 Å². The molecule has 3 atom stereocenters. The Balaban J connectivity index is 2.01. The molecule has 1 saturated heterocycles. The highest BCUT2D eigenvalue weighted by molar-refractivity contribution is 6.16. The van der Waals surface area contributed by atoms with E-state index in [2.05, 4.69) is 0 Å². The van der Waals surface area contributed by atoms with E-state index in [9.17, 15) is 14.4 Å². The smallest absolute Gasteiger partial charge is 0.417 e. The molecule has 0 unspecified atom stereocenters. The number of amides is 2. The van der Waals surface area contributed by atoms with Crippen LogP contribution in [0.4, 0.5) is 4.79 Å². The summed E-state index contributed by atoms with van der Waals surface area (Å²) in [7, 11) is 0. The monoisotopic (exact) mass is 341 g/mol. The summed E-state index contributed by atoms with van der Waals surface area (Å²) < 4.78 is 5.09. The van der Waals surface area contributed by atoms with E-state index in [0.717, 1.165) is 16.0 Å². The molecule has 5 nitrogen and oxygen atoms in total. The molecule has 1 aliphatic heterocycles. The van der Waals surface area contributed by atoms with E-state index in [0.29, 0.717) is 5.57 Å². The second kappa shape index (κ2) is 6.47. The summed E-state index contributed by atoms with van der Waals surface area (Å²) in [6.45, 7) is 7.70. The van der Waals surface area contributed by atoms with Gasteiger partial charge in [-0.3, -0.25) is 9.59 Å². The van der Waals surface area contributed by atoms with Crippen LogP contribution in [0.3, 0.4) is 0 Å². The first-order valence-corrected chi connectivity index (χ1v) is 8.61. The number of ether oxygens (including phenoxy) is 1. The second-order valence-corrected chi connectivity index (χ2v) is 7.13. The fraction of sp³-hybridized carbons (Fsp3) is 0.450. The van der Waals surface area contributed by atoms with Gasteiger partial charge in [-0.25, -0.2) is 9.69 Å². The van der Waals surface area contributed by atoms with E-state index < -0.39 is 17.9 Å². The third-order valence-electron chi connectivity index (χ3n) is 5.38. The van der Waals surface area contributed by atoms with Crippen LogP contribution < -0.4 is 0 Å². The molecule has 0 radical (unpaired) electrons. The summed E-state index contributed by atoms with van der Waals surface area (Å²) in [5, 5.41) is 0. The van der Waals surface area contributed by atoms with Crippen LogP contribution in [0.5, 0.6) is 0 Å². The minimum atomic E-state index is -0.894. The van der Waals surface area contributed by atoms with Crippen molar-refractivity contribution in [2.45, 2.75) is 39.7 Å². The number of hydrogen-bond acceptors (Lipinski definition) is 4. The molecule has 0 bridgehead atoms. The van der Waals surface area contributed by atoms with Crippen molar-refractivity contribution < 1.29 is 19.1 Å². The minimum absolute atomic E-state index is 0.0669.